The summed E-state index contributed by atoms with van der Waals surface area (Å²) in [7, 11) is 1.44. The minimum Gasteiger partial charge on any atom is -0.493 e. The van der Waals surface area contributed by atoms with E-state index in [1.807, 2.05) is 0 Å². The van der Waals surface area contributed by atoms with Gasteiger partial charge in [-0.15, -0.1) is 0 Å². The maximum absolute atomic E-state index is 12.1. The molecule has 0 spiro atoms. The number of nitrogens with one attached hydrogen (secondary N) is 1. The highest BCUT2D eigenvalue weighted by atomic mass is 35.5. The summed E-state index contributed by atoms with van der Waals surface area (Å²) in [4.78, 5) is 23.1. The first kappa shape index (κ1) is 19.3. The first-order valence-electron chi connectivity index (χ1n) is 7.58. The third-order valence-electron chi connectivity index (χ3n) is 3.36. The van der Waals surface area contributed by atoms with Gasteiger partial charge in [0, 0.05) is 5.56 Å². The lowest BCUT2D eigenvalue weighted by Gasteiger charge is -2.15. The van der Waals surface area contributed by atoms with E-state index in [9.17, 15) is 9.59 Å². The smallest absolute Gasteiger partial charge is 0.344 e. The van der Waals surface area contributed by atoms with E-state index in [1.54, 1.807) is 42.5 Å². The number of aliphatic carboxylic acids is 1. The van der Waals surface area contributed by atoms with Crippen molar-refractivity contribution in [1.82, 2.24) is 5.43 Å². The lowest BCUT2D eigenvalue weighted by molar-refractivity contribution is -0.144. The van der Waals surface area contributed by atoms with Crippen LogP contribution >= 0.6 is 11.6 Å². The van der Waals surface area contributed by atoms with Gasteiger partial charge in [-0.1, -0.05) is 29.8 Å². The lowest BCUT2D eigenvalue weighted by Crippen LogP contribution is -2.24. The van der Waals surface area contributed by atoms with Crippen molar-refractivity contribution in [3.05, 3.63) is 58.6 Å². The van der Waals surface area contributed by atoms with Crippen LogP contribution in [-0.2, 0) is 4.79 Å². The highest BCUT2D eigenvalue weighted by Gasteiger charge is 2.18. The molecule has 26 heavy (non-hydrogen) atoms. The van der Waals surface area contributed by atoms with Crippen LogP contribution in [0.2, 0.25) is 5.02 Å². The molecule has 1 atom stereocenters. The quantitative estimate of drug-likeness (QED) is 0.572. The van der Waals surface area contributed by atoms with Crippen molar-refractivity contribution in [3.8, 4) is 11.5 Å². The van der Waals surface area contributed by atoms with Crippen LogP contribution in [0, 0.1) is 0 Å². The Morgan fingerprint density at radius 2 is 1.96 bits per heavy atom. The molecule has 0 saturated heterocycles. The van der Waals surface area contributed by atoms with Crippen LogP contribution in [0.5, 0.6) is 11.5 Å². The normalized spacial score (nSPS) is 11.8. The molecule has 2 rings (SSSR count). The molecule has 2 aromatic rings. The molecule has 0 radical (unpaired) electrons. The number of carboxylic acids is 1. The minimum atomic E-state index is -1.12. The number of carbonyl (C=O) groups is 2. The molecular weight excluding hydrogens is 360 g/mol. The molecule has 0 aliphatic carbocycles. The Kier molecular flexibility index (Phi) is 6.57. The van der Waals surface area contributed by atoms with Crippen molar-refractivity contribution in [2.45, 2.75) is 13.0 Å². The van der Waals surface area contributed by atoms with E-state index in [1.165, 1.54) is 20.2 Å². The largest absolute Gasteiger partial charge is 0.493 e. The summed E-state index contributed by atoms with van der Waals surface area (Å²) in [6.45, 7) is 1.40. The summed E-state index contributed by atoms with van der Waals surface area (Å²) in [6, 6.07) is 11.5. The fraction of sp³-hybridized carbons (Fsp3) is 0.167. The van der Waals surface area contributed by atoms with Crippen molar-refractivity contribution >= 4 is 29.7 Å². The number of benzene rings is 2. The molecule has 2 aromatic carbocycles. The number of hydrogen-bond donors (Lipinski definition) is 2. The molecule has 0 heterocycles. The van der Waals surface area contributed by atoms with Crippen LogP contribution in [0.4, 0.5) is 0 Å². The van der Waals surface area contributed by atoms with E-state index < -0.39 is 18.0 Å². The average molecular weight is 377 g/mol. The molecule has 2 N–H and O–H groups in total. The number of nitrogens with zero attached hydrogens (tertiary/aromatic N) is 1. The van der Waals surface area contributed by atoms with Gasteiger partial charge in [0.1, 0.15) is 0 Å². The van der Waals surface area contributed by atoms with Gasteiger partial charge in [-0.3, -0.25) is 4.79 Å². The molecule has 0 aromatic heterocycles. The van der Waals surface area contributed by atoms with Crippen LogP contribution in [-0.4, -0.2) is 36.4 Å². The maximum Gasteiger partial charge on any atom is 0.344 e. The van der Waals surface area contributed by atoms with Crippen molar-refractivity contribution < 1.29 is 24.2 Å². The summed E-state index contributed by atoms with van der Waals surface area (Å²) >= 11 is 5.96. The van der Waals surface area contributed by atoms with Gasteiger partial charge in [-0.2, -0.15) is 5.10 Å². The van der Waals surface area contributed by atoms with Crippen molar-refractivity contribution in [2.75, 3.05) is 7.11 Å². The third-order valence-corrected chi connectivity index (χ3v) is 3.69. The second-order valence-corrected chi connectivity index (χ2v) is 5.56. The Balaban J connectivity index is 2.20. The van der Waals surface area contributed by atoms with E-state index >= 15 is 0 Å². The molecule has 0 aliphatic heterocycles. The number of hydrogen-bond acceptors (Lipinski definition) is 5. The molecule has 0 fully saturated rings. The summed E-state index contributed by atoms with van der Waals surface area (Å²) < 4.78 is 10.6. The molecule has 7 nitrogen and oxygen atoms in total. The minimum absolute atomic E-state index is 0.209. The van der Waals surface area contributed by atoms with Crippen LogP contribution in [0.25, 0.3) is 0 Å². The number of amides is 1. The molecule has 136 valence electrons. The Morgan fingerprint density at radius 1 is 1.23 bits per heavy atom. The first-order chi connectivity index (χ1) is 12.4. The highest BCUT2D eigenvalue weighted by molar-refractivity contribution is 6.33. The average Bonchev–Trinajstić information content (AvgIpc) is 2.62. The lowest BCUT2D eigenvalue weighted by atomic mass is 10.2. The Morgan fingerprint density at radius 3 is 2.62 bits per heavy atom. The van der Waals surface area contributed by atoms with E-state index in [4.69, 9.17) is 26.2 Å². The van der Waals surface area contributed by atoms with Gasteiger partial charge >= 0.3 is 5.97 Å². The number of rotatable bonds is 7. The molecular formula is C18H17ClN2O5. The summed E-state index contributed by atoms with van der Waals surface area (Å²) in [5.41, 5.74) is 3.09. The Hall–Kier alpha value is -3.06. The predicted octanol–water partition coefficient (Wildman–Crippen LogP) is 2.96. The topological polar surface area (TPSA) is 97.2 Å². The molecule has 0 bridgehead atoms. The number of halogens is 1. The Labute approximate surface area is 155 Å². The molecule has 1 amide bonds. The number of carbonyl (C=O) groups excluding carboxylic acids is 1. The standard InChI is InChI=1S/C18H17ClN2O5/c1-11(18(23)24)26-16-12(6-5-9-15(16)25-2)10-20-21-17(22)13-7-3-4-8-14(13)19/h3-11H,1-2H3,(H,21,22)(H,23,24)/b20-10-/t11-/m0/s1. The SMILES string of the molecule is COc1cccc(/C=N\NC(=O)c2ccccc2Cl)c1O[C@@H](C)C(=O)O. The van der Waals surface area contributed by atoms with Crippen LogP contribution in [0.15, 0.2) is 47.6 Å². The van der Waals surface area contributed by atoms with Crippen molar-refractivity contribution in [2.24, 2.45) is 5.10 Å². The van der Waals surface area contributed by atoms with E-state index in [-0.39, 0.29) is 11.3 Å². The van der Waals surface area contributed by atoms with Gasteiger partial charge < -0.3 is 14.6 Å². The van der Waals surface area contributed by atoms with Crippen LogP contribution < -0.4 is 14.9 Å². The second kappa shape index (κ2) is 8.87. The molecule has 0 saturated carbocycles. The number of carboxylic acid groups (broad SMARTS) is 1. The zero-order valence-electron chi connectivity index (χ0n) is 14.1. The molecule has 0 unspecified atom stereocenters. The first-order valence-corrected chi connectivity index (χ1v) is 7.96. The second-order valence-electron chi connectivity index (χ2n) is 5.16. The van der Waals surface area contributed by atoms with E-state index in [0.717, 1.165) is 0 Å². The van der Waals surface area contributed by atoms with Crippen LogP contribution in [0.3, 0.4) is 0 Å². The monoisotopic (exact) mass is 376 g/mol. The van der Waals surface area contributed by atoms with Gasteiger partial charge in [0.05, 0.1) is 23.9 Å². The summed E-state index contributed by atoms with van der Waals surface area (Å²) in [5.74, 6) is -1.04. The fourth-order valence-electron chi connectivity index (χ4n) is 2.01. The zero-order valence-corrected chi connectivity index (χ0v) is 14.9. The maximum atomic E-state index is 12.1. The van der Waals surface area contributed by atoms with Gasteiger partial charge in [-0.25, -0.2) is 10.2 Å². The Bertz CT molecular complexity index is 838. The van der Waals surface area contributed by atoms with E-state index in [2.05, 4.69) is 10.5 Å². The fourth-order valence-corrected chi connectivity index (χ4v) is 2.24. The number of methoxy groups -OCH3 is 1. The third kappa shape index (κ3) is 4.73. The van der Waals surface area contributed by atoms with E-state index in [0.29, 0.717) is 16.3 Å². The van der Waals surface area contributed by atoms with Gasteiger partial charge in [0.2, 0.25) is 0 Å². The van der Waals surface area contributed by atoms with Gasteiger partial charge in [0.25, 0.3) is 5.91 Å². The summed E-state index contributed by atoms with van der Waals surface area (Å²) in [6.07, 6.45) is 0.248. The van der Waals surface area contributed by atoms with Crippen molar-refractivity contribution in [1.29, 1.82) is 0 Å². The van der Waals surface area contributed by atoms with Crippen molar-refractivity contribution in [3.63, 3.8) is 0 Å². The highest BCUT2D eigenvalue weighted by Crippen LogP contribution is 2.31. The predicted molar refractivity (Wildman–Crippen MR) is 97.2 cm³/mol. The zero-order chi connectivity index (χ0) is 19.1. The number of ether oxygens (including phenoxy) is 2. The van der Waals surface area contributed by atoms with Gasteiger partial charge in [0.15, 0.2) is 17.6 Å². The number of para-hydroxylation sites is 1. The van der Waals surface area contributed by atoms with Crippen LogP contribution in [0.1, 0.15) is 22.8 Å². The van der Waals surface area contributed by atoms with Gasteiger partial charge in [-0.05, 0) is 31.2 Å². The molecule has 0 aliphatic rings. The number of hydrazone groups is 1. The summed E-state index contributed by atoms with van der Waals surface area (Å²) in [5, 5.41) is 13.2. The molecule has 8 heteroatoms.